The lowest BCUT2D eigenvalue weighted by molar-refractivity contribution is -0.117. The molecule has 0 unspecified atom stereocenters. The predicted octanol–water partition coefficient (Wildman–Crippen LogP) is 0.863. The number of anilines is 1. The van der Waals surface area contributed by atoms with E-state index in [1.54, 1.807) is 0 Å². The van der Waals surface area contributed by atoms with Gasteiger partial charge in [-0.2, -0.15) is 0 Å². The molecule has 0 aromatic heterocycles. The van der Waals surface area contributed by atoms with E-state index in [4.69, 9.17) is 0 Å². The molecule has 0 radical (unpaired) electrons. The molecule has 1 fully saturated rings. The maximum atomic E-state index is 12.6. The Labute approximate surface area is 155 Å². The highest BCUT2D eigenvalue weighted by Crippen LogP contribution is 2.22. The number of benzene rings is 2. The Kier molecular flexibility index (Phi) is 7.39. The van der Waals surface area contributed by atoms with Crippen molar-refractivity contribution in [2.75, 3.05) is 64.2 Å². The van der Waals surface area contributed by atoms with Gasteiger partial charge in [0.2, 0.25) is 5.91 Å². The Balaban J connectivity index is 1.57. The second-order valence-electron chi connectivity index (χ2n) is 6.60. The van der Waals surface area contributed by atoms with E-state index in [0.717, 1.165) is 68.8 Å². The van der Waals surface area contributed by atoms with Gasteiger partial charge in [0, 0.05) is 63.4 Å². The van der Waals surface area contributed by atoms with E-state index in [0.29, 0.717) is 6.54 Å². The van der Waals surface area contributed by atoms with Crippen LogP contribution in [0.4, 0.5) is 5.69 Å². The third-order valence-corrected chi connectivity index (χ3v) is 4.60. The first-order valence-corrected chi connectivity index (χ1v) is 9.45. The van der Waals surface area contributed by atoms with Crippen molar-refractivity contribution in [1.82, 2.24) is 20.9 Å². The third-order valence-electron chi connectivity index (χ3n) is 4.60. The molecule has 2 aromatic rings. The Bertz CT molecular complexity index is 688. The first-order valence-electron chi connectivity index (χ1n) is 9.45. The second kappa shape index (κ2) is 10.2. The lowest BCUT2D eigenvalue weighted by Crippen LogP contribution is -2.44. The van der Waals surface area contributed by atoms with Crippen molar-refractivity contribution in [2.24, 2.45) is 0 Å². The van der Waals surface area contributed by atoms with Crippen LogP contribution < -0.4 is 21.3 Å². The zero-order valence-electron chi connectivity index (χ0n) is 15.3. The number of carbonyl (C=O) groups is 1. The van der Waals surface area contributed by atoms with E-state index in [1.807, 2.05) is 30.3 Å². The van der Waals surface area contributed by atoms with E-state index in [1.165, 1.54) is 0 Å². The fourth-order valence-corrected chi connectivity index (χ4v) is 3.20. The first-order chi connectivity index (χ1) is 12.8. The highest BCUT2D eigenvalue weighted by atomic mass is 16.2. The number of amides is 1. The van der Waals surface area contributed by atoms with Crippen LogP contribution in [0.1, 0.15) is 0 Å². The smallest absolute Gasteiger partial charge is 0.238 e. The van der Waals surface area contributed by atoms with Crippen molar-refractivity contribution in [3.63, 3.8) is 0 Å². The molecule has 0 saturated carbocycles. The van der Waals surface area contributed by atoms with E-state index in [-0.39, 0.29) is 5.91 Å². The molecular formula is C20H29N5O. The lowest BCUT2D eigenvalue weighted by atomic mass is 10.1. The molecule has 140 valence electrons. The van der Waals surface area contributed by atoms with Gasteiger partial charge in [-0.25, -0.2) is 0 Å². The highest BCUT2D eigenvalue weighted by Gasteiger charge is 2.12. The van der Waals surface area contributed by atoms with Gasteiger partial charge in [0.25, 0.3) is 0 Å². The maximum absolute atomic E-state index is 12.6. The van der Waals surface area contributed by atoms with E-state index >= 15 is 0 Å². The summed E-state index contributed by atoms with van der Waals surface area (Å²) in [5.74, 6) is 0.0371. The second-order valence-corrected chi connectivity index (χ2v) is 6.60. The summed E-state index contributed by atoms with van der Waals surface area (Å²) < 4.78 is 0. The van der Waals surface area contributed by atoms with Crippen LogP contribution in [-0.4, -0.2) is 69.7 Å². The SMILES string of the molecule is O=C(CN1CCNCCNCCNCC1)Nc1cccc2ccccc12. The van der Waals surface area contributed by atoms with Crippen LogP contribution >= 0.6 is 0 Å². The Hall–Kier alpha value is -1.99. The van der Waals surface area contributed by atoms with Crippen LogP contribution in [0, 0.1) is 0 Å². The van der Waals surface area contributed by atoms with Gasteiger partial charge in [0.1, 0.15) is 0 Å². The fraction of sp³-hybridized carbons (Fsp3) is 0.450. The molecular weight excluding hydrogens is 326 g/mol. The van der Waals surface area contributed by atoms with Crippen LogP contribution in [0.5, 0.6) is 0 Å². The summed E-state index contributed by atoms with van der Waals surface area (Å²) in [5, 5.41) is 15.5. The van der Waals surface area contributed by atoms with Crippen molar-refractivity contribution < 1.29 is 4.79 Å². The van der Waals surface area contributed by atoms with Gasteiger partial charge in [-0.15, -0.1) is 0 Å². The van der Waals surface area contributed by atoms with Gasteiger partial charge in [-0.1, -0.05) is 36.4 Å². The molecule has 26 heavy (non-hydrogen) atoms. The molecule has 1 amide bonds. The first kappa shape index (κ1) is 18.8. The number of hydrogen-bond donors (Lipinski definition) is 4. The van der Waals surface area contributed by atoms with Crippen molar-refractivity contribution >= 4 is 22.4 Å². The summed E-state index contributed by atoms with van der Waals surface area (Å²) in [6, 6.07) is 14.1. The number of hydrogen-bond acceptors (Lipinski definition) is 5. The lowest BCUT2D eigenvalue weighted by Gasteiger charge is -2.23. The standard InChI is InChI=1S/C20H29N5O/c26-20(24-19-7-3-5-17-4-1-2-6-18(17)19)16-25-14-12-22-10-8-21-9-11-23-13-15-25/h1-7,21-23H,8-16H2,(H,24,26). The molecule has 3 rings (SSSR count). The van der Waals surface area contributed by atoms with E-state index < -0.39 is 0 Å². The minimum Gasteiger partial charge on any atom is -0.324 e. The minimum atomic E-state index is 0.0371. The van der Waals surface area contributed by atoms with Crippen molar-refractivity contribution in [3.05, 3.63) is 42.5 Å². The summed E-state index contributed by atoms with van der Waals surface area (Å²) in [6.07, 6.45) is 0. The largest absolute Gasteiger partial charge is 0.324 e. The third kappa shape index (κ3) is 5.78. The maximum Gasteiger partial charge on any atom is 0.238 e. The molecule has 1 aliphatic heterocycles. The van der Waals surface area contributed by atoms with Gasteiger partial charge >= 0.3 is 0 Å². The average molecular weight is 355 g/mol. The van der Waals surface area contributed by atoms with Crippen LogP contribution in [0.3, 0.4) is 0 Å². The predicted molar refractivity (Wildman–Crippen MR) is 108 cm³/mol. The van der Waals surface area contributed by atoms with Crippen LogP contribution in [0.15, 0.2) is 42.5 Å². The van der Waals surface area contributed by atoms with Crippen LogP contribution in [-0.2, 0) is 4.79 Å². The highest BCUT2D eigenvalue weighted by molar-refractivity contribution is 6.02. The summed E-state index contributed by atoms with van der Waals surface area (Å²) >= 11 is 0. The zero-order chi connectivity index (χ0) is 18.0. The normalized spacial score (nSPS) is 18.0. The topological polar surface area (TPSA) is 68.4 Å². The van der Waals surface area contributed by atoms with Gasteiger partial charge in [-0.05, 0) is 11.5 Å². The van der Waals surface area contributed by atoms with Crippen molar-refractivity contribution in [1.29, 1.82) is 0 Å². The molecule has 0 bridgehead atoms. The number of nitrogens with zero attached hydrogens (tertiary/aromatic N) is 1. The molecule has 2 aromatic carbocycles. The summed E-state index contributed by atoms with van der Waals surface area (Å²) in [5.41, 5.74) is 0.879. The van der Waals surface area contributed by atoms with Crippen molar-refractivity contribution in [3.8, 4) is 0 Å². The van der Waals surface area contributed by atoms with E-state index in [2.05, 4.69) is 38.3 Å². The summed E-state index contributed by atoms with van der Waals surface area (Å²) in [7, 11) is 0. The summed E-state index contributed by atoms with van der Waals surface area (Å²) in [4.78, 5) is 14.8. The number of rotatable bonds is 3. The Morgan fingerprint density at radius 1 is 0.846 bits per heavy atom. The molecule has 1 saturated heterocycles. The van der Waals surface area contributed by atoms with E-state index in [9.17, 15) is 4.79 Å². The monoisotopic (exact) mass is 355 g/mol. The van der Waals surface area contributed by atoms with Gasteiger partial charge < -0.3 is 21.3 Å². The quantitative estimate of drug-likeness (QED) is 0.658. The number of fused-ring (bicyclic) bond motifs is 1. The molecule has 1 aliphatic rings. The molecule has 4 N–H and O–H groups in total. The summed E-state index contributed by atoms with van der Waals surface area (Å²) in [6.45, 7) is 7.78. The van der Waals surface area contributed by atoms with Gasteiger partial charge in [0.15, 0.2) is 0 Å². The van der Waals surface area contributed by atoms with Gasteiger partial charge in [-0.3, -0.25) is 9.69 Å². The minimum absolute atomic E-state index is 0.0371. The molecule has 1 heterocycles. The molecule has 0 atom stereocenters. The Morgan fingerprint density at radius 2 is 1.46 bits per heavy atom. The van der Waals surface area contributed by atoms with Crippen LogP contribution in [0.2, 0.25) is 0 Å². The van der Waals surface area contributed by atoms with Crippen molar-refractivity contribution in [2.45, 2.75) is 0 Å². The fourth-order valence-electron chi connectivity index (χ4n) is 3.20. The average Bonchev–Trinajstić information content (AvgIpc) is 2.64. The number of nitrogens with one attached hydrogen (secondary N) is 4. The molecule has 6 heteroatoms. The zero-order valence-corrected chi connectivity index (χ0v) is 15.3. The van der Waals surface area contributed by atoms with Crippen LogP contribution in [0.25, 0.3) is 10.8 Å². The van der Waals surface area contributed by atoms with Gasteiger partial charge in [0.05, 0.1) is 6.54 Å². The molecule has 6 nitrogen and oxygen atoms in total. The molecule has 0 spiro atoms. The Morgan fingerprint density at radius 3 is 2.19 bits per heavy atom. The molecule has 0 aliphatic carbocycles. The number of carbonyl (C=O) groups excluding carboxylic acids is 1.